The molecule has 6 aliphatic carbocycles. The molecule has 2 saturated heterocycles. The van der Waals surface area contributed by atoms with Crippen LogP contribution in [0.4, 0.5) is 0 Å². The summed E-state index contributed by atoms with van der Waals surface area (Å²) in [5.41, 5.74) is 5.64. The Balaban J connectivity index is 1.13. The Morgan fingerprint density at radius 3 is 0.982 bits per heavy atom. The minimum absolute atomic E-state index is 0.106. The first kappa shape index (κ1) is 41.1. The summed E-state index contributed by atoms with van der Waals surface area (Å²) >= 11 is 0. The van der Waals surface area contributed by atoms with Crippen molar-refractivity contribution in [2.45, 2.75) is 192 Å². The second-order valence-electron chi connectivity index (χ2n) is 21.5. The van der Waals surface area contributed by atoms with E-state index >= 15 is 0 Å². The Bertz CT molecular complexity index is 1660. The van der Waals surface area contributed by atoms with Gasteiger partial charge in [-0.05, 0) is 70.8 Å². The van der Waals surface area contributed by atoms with Gasteiger partial charge in [-0.2, -0.15) is 0 Å². The molecule has 0 bridgehead atoms. The molecule has 56 heavy (non-hydrogen) atoms. The zero-order valence-corrected chi connectivity index (χ0v) is 39.3. The normalized spacial score (nSPS) is 34.1. The van der Waals surface area contributed by atoms with Gasteiger partial charge in [0.05, 0.1) is 53.4 Å². The molecular formula is C50H74O4Si2. The third-order valence-corrected chi connectivity index (χ3v) is 32.2. The highest BCUT2D eigenvalue weighted by Gasteiger charge is 2.74. The van der Waals surface area contributed by atoms with Gasteiger partial charge >= 0.3 is 0 Å². The molecule has 2 heterocycles. The van der Waals surface area contributed by atoms with Crippen LogP contribution in [0, 0.1) is 45.3 Å². The molecule has 4 unspecified atom stereocenters. The Labute approximate surface area is 343 Å². The molecule has 2 spiro atoms. The lowest BCUT2D eigenvalue weighted by Crippen LogP contribution is -2.68. The Morgan fingerprint density at radius 1 is 0.411 bits per heavy atom. The van der Waals surface area contributed by atoms with Crippen LogP contribution in [0.1, 0.15) is 147 Å². The largest absolute Gasteiger partial charge is 0.349 e. The van der Waals surface area contributed by atoms with Crippen molar-refractivity contribution < 1.29 is 18.9 Å². The third kappa shape index (κ3) is 5.17. The average molecular weight is 795 g/mol. The fraction of sp³-hybridized carbons (Fsp3) is 0.760. The van der Waals surface area contributed by atoms with Gasteiger partial charge in [0.15, 0.2) is 11.6 Å². The smallest absolute Gasteiger partial charge is 0.168 e. The first-order valence-electron chi connectivity index (χ1n) is 23.0. The lowest BCUT2D eigenvalue weighted by Gasteiger charge is -2.67. The molecule has 6 heteroatoms. The SMILES string of the molecule is CC(C)[Si](C1=CC23COC4(CCCCC4)OCC12C=C3C#CC#CC1=CC23COC4(CCCCC4)OCC12C=C3[Si](C(C)C)(C(C)C)C(C)C)(C(C)C)C(C)C. The van der Waals surface area contributed by atoms with Crippen molar-refractivity contribution in [2.24, 2.45) is 21.7 Å². The highest BCUT2D eigenvalue weighted by atomic mass is 28.3. The van der Waals surface area contributed by atoms with Gasteiger partial charge < -0.3 is 18.9 Å². The van der Waals surface area contributed by atoms with E-state index in [4.69, 9.17) is 18.9 Å². The maximum Gasteiger partial charge on any atom is 0.168 e. The van der Waals surface area contributed by atoms with Crippen LogP contribution in [-0.4, -0.2) is 54.1 Å². The first-order chi connectivity index (χ1) is 26.5. The van der Waals surface area contributed by atoms with Crippen LogP contribution in [0.2, 0.25) is 33.2 Å². The summed E-state index contributed by atoms with van der Waals surface area (Å²) in [5, 5.41) is 3.41. The van der Waals surface area contributed by atoms with Gasteiger partial charge in [0.25, 0.3) is 0 Å². The van der Waals surface area contributed by atoms with Gasteiger partial charge in [0.2, 0.25) is 0 Å². The summed E-state index contributed by atoms with van der Waals surface area (Å²) in [6.07, 6.45) is 21.6. The van der Waals surface area contributed by atoms with Crippen molar-refractivity contribution in [1.29, 1.82) is 0 Å². The quantitative estimate of drug-likeness (QED) is 0.181. The number of hydrogen-bond acceptors (Lipinski definition) is 4. The van der Waals surface area contributed by atoms with Gasteiger partial charge in [0, 0.05) is 47.7 Å². The lowest BCUT2D eigenvalue weighted by atomic mass is 9.44. The van der Waals surface area contributed by atoms with Crippen LogP contribution in [0.3, 0.4) is 0 Å². The second kappa shape index (κ2) is 14.0. The molecule has 2 aliphatic heterocycles. The van der Waals surface area contributed by atoms with Crippen LogP contribution < -0.4 is 0 Å². The van der Waals surface area contributed by atoms with Crippen molar-refractivity contribution in [3.63, 3.8) is 0 Å². The summed E-state index contributed by atoms with van der Waals surface area (Å²) in [4.78, 5) is 0. The van der Waals surface area contributed by atoms with Crippen molar-refractivity contribution in [3.05, 3.63) is 45.8 Å². The lowest BCUT2D eigenvalue weighted by molar-refractivity contribution is -0.244. The molecule has 0 aromatic carbocycles. The third-order valence-electron chi connectivity index (χ3n) is 17.7. The Kier molecular flexibility index (Phi) is 10.2. The molecule has 2 saturated carbocycles. The fourth-order valence-electron chi connectivity index (χ4n) is 15.2. The summed E-state index contributed by atoms with van der Waals surface area (Å²) in [6, 6.07) is 0. The Hall–Kier alpha value is -1.65. The van der Waals surface area contributed by atoms with Crippen molar-refractivity contribution >= 4 is 16.1 Å². The van der Waals surface area contributed by atoms with Crippen molar-refractivity contribution in [2.75, 3.05) is 26.4 Å². The van der Waals surface area contributed by atoms with Crippen LogP contribution in [0.5, 0.6) is 0 Å². The minimum atomic E-state index is -1.90. The van der Waals surface area contributed by atoms with E-state index in [1.54, 1.807) is 10.4 Å². The number of ether oxygens (including phenoxy) is 4. The molecule has 0 aromatic rings. The van der Waals surface area contributed by atoms with E-state index in [0.29, 0.717) is 46.5 Å². The number of rotatable bonds is 8. The monoisotopic (exact) mass is 795 g/mol. The molecule has 306 valence electrons. The van der Waals surface area contributed by atoms with E-state index in [-0.39, 0.29) is 21.7 Å². The molecular weight excluding hydrogens is 721 g/mol. The molecule has 4 atom stereocenters. The van der Waals surface area contributed by atoms with Crippen LogP contribution >= 0.6 is 0 Å². The summed E-state index contributed by atoms with van der Waals surface area (Å²) in [5.74, 6) is 13.2. The molecule has 0 N–H and O–H groups in total. The summed E-state index contributed by atoms with van der Waals surface area (Å²) in [6.45, 7) is 32.6. The van der Waals surface area contributed by atoms with Gasteiger partial charge in [-0.25, -0.2) is 0 Å². The molecule has 0 radical (unpaired) electrons. The van der Waals surface area contributed by atoms with E-state index in [2.05, 4.69) is 131 Å². The zero-order valence-electron chi connectivity index (χ0n) is 37.3. The second-order valence-corrected chi connectivity index (χ2v) is 33.2. The maximum absolute atomic E-state index is 6.99. The topological polar surface area (TPSA) is 36.9 Å². The van der Waals surface area contributed by atoms with E-state index in [1.807, 2.05) is 0 Å². The molecule has 4 nitrogen and oxygen atoms in total. The molecule has 0 amide bonds. The van der Waals surface area contributed by atoms with Crippen molar-refractivity contribution in [1.82, 2.24) is 0 Å². The zero-order chi connectivity index (χ0) is 40.2. The van der Waals surface area contributed by atoms with Gasteiger partial charge in [0.1, 0.15) is 0 Å². The maximum atomic E-state index is 6.99. The minimum Gasteiger partial charge on any atom is -0.349 e. The van der Waals surface area contributed by atoms with Gasteiger partial charge in [-0.3, -0.25) is 0 Å². The molecule has 0 aromatic heterocycles. The molecule has 8 rings (SSSR count). The summed E-state index contributed by atoms with van der Waals surface area (Å²) < 4.78 is 27.8. The van der Waals surface area contributed by atoms with E-state index < -0.39 is 27.7 Å². The standard InChI is InChI=1S/C50H74O4Si2/c1-35(2)55(36(3)4,37(5)6)43-29-45-31-51-49(23-17-13-18-24-49)53-33-47(43,45)27-41(45)21-15-16-22-42-28-48-34-54-50(25-19-14-20-26-50)52-32-46(42,48)30-44(48)56(38(7)8,39(9)10)40(11)12/h27-30,35-40H,13-14,17-20,23-26,31-34H2,1-12H3. The predicted molar refractivity (Wildman–Crippen MR) is 235 cm³/mol. The fourth-order valence-corrected chi connectivity index (χ4v) is 30.2. The highest BCUT2D eigenvalue weighted by Crippen LogP contribution is 2.75. The van der Waals surface area contributed by atoms with Gasteiger partial charge in [-0.15, -0.1) is 0 Å². The summed E-state index contributed by atoms with van der Waals surface area (Å²) in [7, 11) is -3.79. The molecule has 4 fully saturated rings. The first-order valence-corrected chi connectivity index (χ1v) is 27.5. The highest BCUT2D eigenvalue weighted by molar-refractivity contribution is 6.91. The van der Waals surface area contributed by atoms with E-state index in [1.165, 1.54) is 49.7 Å². The number of hydrogen-bond donors (Lipinski definition) is 0. The van der Waals surface area contributed by atoms with E-state index in [9.17, 15) is 0 Å². The van der Waals surface area contributed by atoms with Crippen LogP contribution in [-0.2, 0) is 18.9 Å². The average Bonchev–Trinajstić information content (AvgIpc) is 3.21. The molecule has 8 aliphatic rings. The van der Waals surface area contributed by atoms with E-state index in [0.717, 1.165) is 38.9 Å². The predicted octanol–water partition coefficient (Wildman–Crippen LogP) is 12.5. The Morgan fingerprint density at radius 2 is 0.696 bits per heavy atom. The van der Waals surface area contributed by atoms with Crippen LogP contribution in [0.25, 0.3) is 0 Å². The van der Waals surface area contributed by atoms with Crippen LogP contribution in [0.15, 0.2) is 45.8 Å². The van der Waals surface area contributed by atoms with Crippen molar-refractivity contribution in [3.8, 4) is 23.7 Å². The van der Waals surface area contributed by atoms with Gasteiger partial charge in [-0.1, -0.05) is 142 Å².